The second kappa shape index (κ2) is 4.17. The van der Waals surface area contributed by atoms with Crippen molar-refractivity contribution < 1.29 is 4.79 Å². The molecule has 0 atom stereocenters. The van der Waals surface area contributed by atoms with Crippen LogP contribution in [0.15, 0.2) is 36.5 Å². The van der Waals surface area contributed by atoms with Crippen molar-refractivity contribution in [1.82, 2.24) is 10.3 Å². The first-order valence-corrected chi connectivity index (χ1v) is 5.96. The lowest BCUT2D eigenvalue weighted by Gasteiger charge is -2.06. The zero-order chi connectivity index (χ0) is 11.7. The molecular formula is C14H14N2O. The molecule has 1 N–H and O–H groups in total. The van der Waals surface area contributed by atoms with Crippen LogP contribution in [-0.4, -0.2) is 17.4 Å². The van der Waals surface area contributed by atoms with Gasteiger partial charge in [0.25, 0.3) is 5.91 Å². The molecule has 3 heteroatoms. The quantitative estimate of drug-likeness (QED) is 0.873. The van der Waals surface area contributed by atoms with Crippen molar-refractivity contribution in [3.63, 3.8) is 0 Å². The Morgan fingerprint density at radius 3 is 2.94 bits per heavy atom. The Hall–Kier alpha value is -1.90. The van der Waals surface area contributed by atoms with Crippen LogP contribution in [0.25, 0.3) is 10.9 Å². The number of carbonyl (C=O) groups is 1. The molecule has 1 fully saturated rings. The summed E-state index contributed by atoms with van der Waals surface area (Å²) in [6.45, 7) is 0.794. The van der Waals surface area contributed by atoms with Crippen molar-refractivity contribution in [3.05, 3.63) is 42.1 Å². The predicted octanol–water partition coefficient (Wildman–Crippen LogP) is 2.37. The Labute approximate surface area is 99.9 Å². The number of fused-ring (bicyclic) bond motifs is 1. The van der Waals surface area contributed by atoms with Gasteiger partial charge in [-0.2, -0.15) is 0 Å². The van der Waals surface area contributed by atoms with Gasteiger partial charge in [0.2, 0.25) is 0 Å². The summed E-state index contributed by atoms with van der Waals surface area (Å²) >= 11 is 0. The summed E-state index contributed by atoms with van der Waals surface area (Å²) in [6, 6.07) is 9.56. The van der Waals surface area contributed by atoms with E-state index in [0.29, 0.717) is 11.5 Å². The van der Waals surface area contributed by atoms with E-state index in [-0.39, 0.29) is 5.91 Å². The molecule has 0 unspecified atom stereocenters. The van der Waals surface area contributed by atoms with Gasteiger partial charge < -0.3 is 5.32 Å². The van der Waals surface area contributed by atoms with Crippen molar-refractivity contribution in [2.45, 2.75) is 12.8 Å². The number of pyridine rings is 1. The van der Waals surface area contributed by atoms with Gasteiger partial charge in [0.1, 0.15) is 0 Å². The molecule has 86 valence electrons. The molecule has 1 aliphatic rings. The fourth-order valence-corrected chi connectivity index (χ4v) is 1.94. The zero-order valence-corrected chi connectivity index (χ0v) is 9.52. The van der Waals surface area contributed by atoms with E-state index < -0.39 is 0 Å². The number of rotatable bonds is 3. The van der Waals surface area contributed by atoms with Gasteiger partial charge in [0, 0.05) is 18.1 Å². The van der Waals surface area contributed by atoms with Gasteiger partial charge in [0.05, 0.1) is 11.1 Å². The molecule has 1 aliphatic carbocycles. The van der Waals surface area contributed by atoms with E-state index in [9.17, 15) is 4.79 Å². The molecule has 0 saturated heterocycles. The molecule has 3 nitrogen and oxygen atoms in total. The predicted molar refractivity (Wildman–Crippen MR) is 66.8 cm³/mol. The number of benzene rings is 1. The highest BCUT2D eigenvalue weighted by atomic mass is 16.1. The van der Waals surface area contributed by atoms with Crippen LogP contribution >= 0.6 is 0 Å². The lowest BCUT2D eigenvalue weighted by molar-refractivity contribution is 0.0953. The van der Waals surface area contributed by atoms with Gasteiger partial charge >= 0.3 is 0 Å². The van der Waals surface area contributed by atoms with Crippen LogP contribution in [0.2, 0.25) is 0 Å². The third-order valence-electron chi connectivity index (χ3n) is 3.13. The fourth-order valence-electron chi connectivity index (χ4n) is 1.94. The molecule has 0 radical (unpaired) electrons. The zero-order valence-electron chi connectivity index (χ0n) is 9.52. The molecule has 0 spiro atoms. The monoisotopic (exact) mass is 226 g/mol. The van der Waals surface area contributed by atoms with E-state index >= 15 is 0 Å². The lowest BCUT2D eigenvalue weighted by atomic mass is 10.1. The minimum absolute atomic E-state index is 0.0128. The minimum Gasteiger partial charge on any atom is -0.352 e. The molecule has 2 aromatic rings. The highest BCUT2D eigenvalue weighted by Crippen LogP contribution is 2.27. The average Bonchev–Trinajstić information content (AvgIpc) is 3.19. The SMILES string of the molecule is O=C(NCC1CC1)c1cccc2cccnc12. The van der Waals surface area contributed by atoms with E-state index in [4.69, 9.17) is 0 Å². The van der Waals surface area contributed by atoms with Crippen LogP contribution in [0.3, 0.4) is 0 Å². The van der Waals surface area contributed by atoms with Gasteiger partial charge in [-0.1, -0.05) is 18.2 Å². The number of carbonyl (C=O) groups excluding carboxylic acids is 1. The maximum atomic E-state index is 12.0. The largest absolute Gasteiger partial charge is 0.352 e. The molecule has 1 amide bonds. The summed E-state index contributed by atoms with van der Waals surface area (Å²) < 4.78 is 0. The first-order valence-electron chi connectivity index (χ1n) is 5.96. The van der Waals surface area contributed by atoms with Crippen LogP contribution in [0.5, 0.6) is 0 Å². The van der Waals surface area contributed by atoms with Crippen LogP contribution in [0.1, 0.15) is 23.2 Å². The average molecular weight is 226 g/mol. The molecule has 1 saturated carbocycles. The lowest BCUT2D eigenvalue weighted by Crippen LogP contribution is -2.25. The number of amides is 1. The molecule has 0 aliphatic heterocycles. The summed E-state index contributed by atoms with van der Waals surface area (Å²) in [7, 11) is 0. The summed E-state index contributed by atoms with van der Waals surface area (Å²) in [5.41, 5.74) is 1.45. The number of aromatic nitrogens is 1. The van der Waals surface area contributed by atoms with Crippen molar-refractivity contribution >= 4 is 16.8 Å². The van der Waals surface area contributed by atoms with E-state index in [1.54, 1.807) is 6.20 Å². The standard InChI is InChI=1S/C14H14N2O/c17-14(16-9-10-6-7-10)12-5-1-3-11-4-2-8-15-13(11)12/h1-5,8,10H,6-7,9H2,(H,16,17). The highest BCUT2D eigenvalue weighted by Gasteiger charge is 2.22. The summed E-state index contributed by atoms with van der Waals surface area (Å²) in [6.07, 6.45) is 4.21. The Kier molecular flexibility index (Phi) is 2.52. The molecule has 3 rings (SSSR count). The van der Waals surface area contributed by atoms with Crippen molar-refractivity contribution in [2.75, 3.05) is 6.54 Å². The maximum Gasteiger partial charge on any atom is 0.253 e. The molecule has 0 bridgehead atoms. The van der Waals surface area contributed by atoms with Gasteiger partial charge in [-0.05, 0) is 30.9 Å². The Morgan fingerprint density at radius 1 is 1.29 bits per heavy atom. The van der Waals surface area contributed by atoms with Crippen LogP contribution in [0.4, 0.5) is 0 Å². The van der Waals surface area contributed by atoms with Crippen molar-refractivity contribution in [2.24, 2.45) is 5.92 Å². The van der Waals surface area contributed by atoms with Gasteiger partial charge in [-0.3, -0.25) is 9.78 Å². The topological polar surface area (TPSA) is 42.0 Å². The van der Waals surface area contributed by atoms with Crippen LogP contribution in [-0.2, 0) is 0 Å². The number of nitrogens with one attached hydrogen (secondary N) is 1. The van der Waals surface area contributed by atoms with Gasteiger partial charge in [-0.25, -0.2) is 0 Å². The summed E-state index contributed by atoms with van der Waals surface area (Å²) in [5, 5.41) is 3.98. The van der Waals surface area contributed by atoms with Crippen LogP contribution < -0.4 is 5.32 Å². The summed E-state index contributed by atoms with van der Waals surface area (Å²) in [5.74, 6) is 0.683. The minimum atomic E-state index is -0.0128. The normalized spacial score (nSPS) is 14.8. The molecule has 1 aromatic heterocycles. The van der Waals surface area contributed by atoms with Crippen LogP contribution in [0, 0.1) is 5.92 Å². The van der Waals surface area contributed by atoms with Gasteiger partial charge in [-0.15, -0.1) is 0 Å². The smallest absolute Gasteiger partial charge is 0.253 e. The Balaban J connectivity index is 1.89. The third kappa shape index (κ3) is 2.13. The number of hydrogen-bond donors (Lipinski definition) is 1. The van der Waals surface area contributed by atoms with Crippen molar-refractivity contribution in [3.8, 4) is 0 Å². The Morgan fingerprint density at radius 2 is 2.12 bits per heavy atom. The highest BCUT2D eigenvalue weighted by molar-refractivity contribution is 6.05. The molecule has 1 aromatic carbocycles. The molecular weight excluding hydrogens is 212 g/mol. The summed E-state index contributed by atoms with van der Waals surface area (Å²) in [4.78, 5) is 16.3. The van der Waals surface area contributed by atoms with E-state index in [2.05, 4.69) is 10.3 Å². The first-order chi connectivity index (χ1) is 8.34. The van der Waals surface area contributed by atoms with E-state index in [0.717, 1.165) is 17.4 Å². The Bertz CT molecular complexity index is 556. The van der Waals surface area contributed by atoms with E-state index in [1.165, 1.54) is 12.8 Å². The maximum absolute atomic E-state index is 12.0. The number of hydrogen-bond acceptors (Lipinski definition) is 2. The third-order valence-corrected chi connectivity index (χ3v) is 3.13. The van der Waals surface area contributed by atoms with E-state index in [1.807, 2.05) is 30.3 Å². The number of para-hydroxylation sites is 1. The molecule has 1 heterocycles. The number of nitrogens with zero attached hydrogens (tertiary/aromatic N) is 1. The van der Waals surface area contributed by atoms with Crippen molar-refractivity contribution in [1.29, 1.82) is 0 Å². The first kappa shape index (κ1) is 10.3. The fraction of sp³-hybridized carbons (Fsp3) is 0.286. The second-order valence-corrected chi connectivity index (χ2v) is 4.53. The van der Waals surface area contributed by atoms with Gasteiger partial charge in [0.15, 0.2) is 0 Å². The molecule has 17 heavy (non-hydrogen) atoms. The second-order valence-electron chi connectivity index (χ2n) is 4.53.